The second-order valence-corrected chi connectivity index (χ2v) is 8.10. The van der Waals surface area contributed by atoms with Crippen LogP contribution in [0, 0.1) is 18.6 Å². The van der Waals surface area contributed by atoms with Crippen molar-refractivity contribution < 1.29 is 32.5 Å². The van der Waals surface area contributed by atoms with Crippen LogP contribution in [0.1, 0.15) is 30.5 Å². The first kappa shape index (κ1) is 25.6. The molecule has 12 heteroatoms. The van der Waals surface area contributed by atoms with E-state index >= 15 is 0 Å². The maximum absolute atomic E-state index is 14.5. The summed E-state index contributed by atoms with van der Waals surface area (Å²) in [5.41, 5.74) is 0.498. The predicted octanol–water partition coefficient (Wildman–Crippen LogP) is 4.14. The number of nitrogens with zero attached hydrogens (tertiary/aromatic N) is 4. The highest BCUT2D eigenvalue weighted by Gasteiger charge is 2.21. The van der Waals surface area contributed by atoms with Gasteiger partial charge < -0.3 is 29.0 Å². The minimum Gasteiger partial charge on any atom is -0.494 e. The number of hydrogen-bond donors (Lipinski definition) is 1. The van der Waals surface area contributed by atoms with E-state index in [-0.39, 0.29) is 29.1 Å². The summed E-state index contributed by atoms with van der Waals surface area (Å²) >= 11 is 0. The molecule has 3 aromatic rings. The molecule has 3 heterocycles. The van der Waals surface area contributed by atoms with Crippen molar-refractivity contribution in [1.29, 1.82) is 0 Å². The topological polar surface area (TPSA) is 102 Å². The van der Waals surface area contributed by atoms with Gasteiger partial charge in [-0.15, -0.1) is 0 Å². The smallest absolute Gasteiger partial charge is 0.228 e. The van der Waals surface area contributed by atoms with Crippen LogP contribution in [-0.2, 0) is 22.6 Å². The van der Waals surface area contributed by atoms with Gasteiger partial charge in [0.15, 0.2) is 35.2 Å². The molecular formula is C24H29F2N5O5. The van der Waals surface area contributed by atoms with Crippen LogP contribution in [0.2, 0.25) is 0 Å². The molecule has 1 fully saturated rings. The van der Waals surface area contributed by atoms with Gasteiger partial charge in [-0.25, -0.2) is 23.4 Å². The molecule has 1 aromatic carbocycles. The van der Waals surface area contributed by atoms with Gasteiger partial charge in [0.25, 0.3) is 0 Å². The lowest BCUT2D eigenvalue weighted by molar-refractivity contribution is -0.163. The number of anilines is 2. The van der Waals surface area contributed by atoms with Gasteiger partial charge in [-0.3, -0.25) is 0 Å². The Kier molecular flexibility index (Phi) is 8.49. The van der Waals surface area contributed by atoms with Gasteiger partial charge in [0, 0.05) is 18.7 Å². The maximum Gasteiger partial charge on any atom is 0.228 e. The Bertz CT molecular complexity index is 1120. The molecule has 0 radical (unpaired) electrons. The molecule has 1 saturated heterocycles. The highest BCUT2D eigenvalue weighted by atomic mass is 19.1. The summed E-state index contributed by atoms with van der Waals surface area (Å²) in [6.45, 7) is 3.19. The average Bonchev–Trinajstić information content (AvgIpc) is 3.24. The third-order valence-corrected chi connectivity index (χ3v) is 5.56. The molecular weight excluding hydrogens is 476 g/mol. The minimum absolute atomic E-state index is 0.147. The van der Waals surface area contributed by atoms with E-state index in [2.05, 4.69) is 20.4 Å². The fourth-order valence-corrected chi connectivity index (χ4v) is 3.72. The lowest BCUT2D eigenvalue weighted by Crippen LogP contribution is -2.24. The number of ether oxygens (including phenoxy) is 5. The molecule has 1 aliphatic rings. The van der Waals surface area contributed by atoms with Gasteiger partial charge in [-0.05, 0) is 26.2 Å². The van der Waals surface area contributed by atoms with Crippen molar-refractivity contribution in [2.24, 2.45) is 0 Å². The number of hydrogen-bond acceptors (Lipinski definition) is 9. The first-order valence-corrected chi connectivity index (χ1v) is 11.6. The molecule has 1 unspecified atom stereocenters. The van der Waals surface area contributed by atoms with E-state index in [9.17, 15) is 8.78 Å². The van der Waals surface area contributed by atoms with Crippen LogP contribution in [0.4, 0.5) is 20.5 Å². The van der Waals surface area contributed by atoms with Crippen LogP contribution >= 0.6 is 0 Å². The number of nitrogens with one attached hydrogen (secondary N) is 1. The fourth-order valence-electron chi connectivity index (χ4n) is 3.72. The molecule has 0 amide bonds. The molecule has 36 heavy (non-hydrogen) atoms. The van der Waals surface area contributed by atoms with Gasteiger partial charge in [-0.2, -0.15) is 5.10 Å². The highest BCUT2D eigenvalue weighted by molar-refractivity contribution is 5.49. The van der Waals surface area contributed by atoms with Gasteiger partial charge in [-0.1, -0.05) is 0 Å². The number of benzene rings is 1. The maximum atomic E-state index is 14.5. The Balaban J connectivity index is 1.36. The van der Waals surface area contributed by atoms with E-state index in [4.69, 9.17) is 23.7 Å². The summed E-state index contributed by atoms with van der Waals surface area (Å²) < 4.78 is 57.6. The highest BCUT2D eigenvalue weighted by Crippen LogP contribution is 2.32. The van der Waals surface area contributed by atoms with Gasteiger partial charge >= 0.3 is 0 Å². The Morgan fingerprint density at radius 1 is 1.08 bits per heavy atom. The normalized spacial score (nSPS) is 15.5. The lowest BCUT2D eigenvalue weighted by Gasteiger charge is -2.22. The Morgan fingerprint density at radius 2 is 1.81 bits per heavy atom. The molecule has 194 valence electrons. The van der Waals surface area contributed by atoms with Crippen molar-refractivity contribution >= 4 is 11.8 Å². The summed E-state index contributed by atoms with van der Waals surface area (Å²) in [6.07, 6.45) is 5.71. The van der Waals surface area contributed by atoms with Crippen molar-refractivity contribution in [3.8, 4) is 17.2 Å². The monoisotopic (exact) mass is 505 g/mol. The molecule has 0 saturated carbocycles. The Morgan fingerprint density at radius 3 is 2.44 bits per heavy atom. The van der Waals surface area contributed by atoms with Crippen LogP contribution < -0.4 is 19.5 Å². The van der Waals surface area contributed by atoms with Gasteiger partial charge in [0.1, 0.15) is 12.4 Å². The van der Waals surface area contributed by atoms with Crippen molar-refractivity contribution in [2.45, 2.75) is 45.6 Å². The van der Waals surface area contributed by atoms with Crippen molar-refractivity contribution in [2.75, 3.05) is 32.8 Å². The summed E-state index contributed by atoms with van der Waals surface area (Å²) in [7, 11) is 2.57. The standard InChI is InChI=1S/C24H29F2N5O5/c1-15-10-20(31(30-15)7-9-35-21-6-4-5-8-34-21)29-24-27-12-16(13-28-24)36-14-17-22(25)18(32-2)11-19(33-3)23(17)26/h10-13,21H,4-9,14H2,1-3H3,(H,27,28,29). The van der Waals surface area contributed by atoms with E-state index in [1.54, 1.807) is 4.68 Å². The molecule has 10 nitrogen and oxygen atoms in total. The number of aryl methyl sites for hydroxylation is 1. The Hall–Kier alpha value is -3.51. The minimum atomic E-state index is -0.863. The number of halogens is 2. The van der Waals surface area contributed by atoms with Crippen molar-refractivity contribution in [3.05, 3.63) is 47.4 Å². The molecule has 0 aliphatic carbocycles. The van der Waals surface area contributed by atoms with E-state index < -0.39 is 18.2 Å². The first-order chi connectivity index (χ1) is 17.5. The van der Waals surface area contributed by atoms with E-state index in [1.165, 1.54) is 26.6 Å². The van der Waals surface area contributed by atoms with Crippen molar-refractivity contribution in [3.63, 3.8) is 0 Å². The van der Waals surface area contributed by atoms with Gasteiger partial charge in [0.05, 0.1) is 51.0 Å². The van der Waals surface area contributed by atoms with E-state index in [0.717, 1.165) is 37.6 Å². The van der Waals surface area contributed by atoms with Gasteiger partial charge in [0.2, 0.25) is 5.95 Å². The SMILES string of the molecule is COc1cc(OC)c(F)c(COc2cnc(Nc3cc(C)nn3CCOC3CCCCO3)nc2)c1F. The Labute approximate surface area is 207 Å². The van der Waals surface area contributed by atoms with Crippen LogP contribution in [-0.4, -0.2) is 53.5 Å². The number of rotatable bonds is 11. The third-order valence-electron chi connectivity index (χ3n) is 5.56. The molecule has 1 N–H and O–H groups in total. The van der Waals surface area contributed by atoms with E-state index in [1.807, 2.05) is 13.0 Å². The van der Waals surface area contributed by atoms with Crippen LogP contribution in [0.5, 0.6) is 17.2 Å². The van der Waals surface area contributed by atoms with Crippen LogP contribution in [0.25, 0.3) is 0 Å². The summed E-state index contributed by atoms with van der Waals surface area (Å²) in [4.78, 5) is 8.45. The third kappa shape index (κ3) is 6.18. The summed E-state index contributed by atoms with van der Waals surface area (Å²) in [5, 5.41) is 7.59. The molecule has 0 spiro atoms. The molecule has 4 rings (SSSR count). The fraction of sp³-hybridized carbons (Fsp3) is 0.458. The largest absolute Gasteiger partial charge is 0.494 e. The lowest BCUT2D eigenvalue weighted by atomic mass is 10.1. The zero-order valence-electron chi connectivity index (χ0n) is 20.4. The second kappa shape index (κ2) is 12.0. The zero-order valence-corrected chi connectivity index (χ0v) is 20.4. The van der Waals surface area contributed by atoms with Crippen LogP contribution in [0.15, 0.2) is 24.5 Å². The average molecular weight is 506 g/mol. The van der Waals surface area contributed by atoms with Crippen molar-refractivity contribution in [1.82, 2.24) is 19.7 Å². The molecule has 2 aromatic heterocycles. The number of aromatic nitrogens is 4. The number of methoxy groups -OCH3 is 2. The second-order valence-electron chi connectivity index (χ2n) is 8.10. The van der Waals surface area contributed by atoms with E-state index in [0.29, 0.717) is 24.9 Å². The molecule has 0 bridgehead atoms. The first-order valence-electron chi connectivity index (χ1n) is 11.6. The zero-order chi connectivity index (χ0) is 25.5. The molecule has 1 aliphatic heterocycles. The summed E-state index contributed by atoms with van der Waals surface area (Å²) in [6, 6.07) is 3.01. The van der Waals surface area contributed by atoms with Crippen LogP contribution in [0.3, 0.4) is 0 Å². The summed E-state index contributed by atoms with van der Waals surface area (Å²) in [5.74, 6) is -0.790. The quantitative estimate of drug-likeness (QED) is 0.412. The predicted molar refractivity (Wildman–Crippen MR) is 126 cm³/mol. The molecule has 1 atom stereocenters.